The molecular weight excluding hydrogens is 543 g/mol. The van der Waals surface area contributed by atoms with E-state index in [1.807, 2.05) is 35.6 Å². The predicted molar refractivity (Wildman–Crippen MR) is 122 cm³/mol. The van der Waals surface area contributed by atoms with Crippen molar-refractivity contribution < 1.29 is 57.3 Å². The van der Waals surface area contributed by atoms with E-state index in [1.165, 1.54) is 5.38 Å². The van der Waals surface area contributed by atoms with E-state index in [-0.39, 0.29) is 10.8 Å². The number of carbonyl (C=O) groups is 6. The molecule has 1 aromatic heterocycles. The van der Waals surface area contributed by atoms with E-state index < -0.39 is 60.9 Å². The number of carboxylic acids is 3. The van der Waals surface area contributed by atoms with Crippen molar-refractivity contribution in [2.75, 3.05) is 11.9 Å². The quantitative estimate of drug-likeness (QED) is 0.216. The summed E-state index contributed by atoms with van der Waals surface area (Å²) >= 11 is 0.996. The Morgan fingerprint density at radius 2 is 1.58 bits per heavy atom. The summed E-state index contributed by atoms with van der Waals surface area (Å²) in [7, 11) is 0. The molecule has 1 heterocycles. The number of nitrogens with one attached hydrogen (secondary N) is 4. The van der Waals surface area contributed by atoms with Crippen LogP contribution >= 0.6 is 11.3 Å². The molecule has 0 aliphatic heterocycles. The summed E-state index contributed by atoms with van der Waals surface area (Å²) in [6.07, 6.45) is -5.89. The molecule has 18 heteroatoms. The van der Waals surface area contributed by atoms with Gasteiger partial charge < -0.3 is 31.3 Å². The molecule has 4 amide bonds. The monoisotopic (exact) mass is 563 g/mol. The first-order chi connectivity index (χ1) is 17.7. The minimum Gasteiger partial charge on any atom is -0.481 e. The third-order valence-corrected chi connectivity index (χ3v) is 4.67. The normalized spacial score (nSPS) is 11.1. The number of halogens is 3. The standard InChI is InChI=1S/C18H19N5O7S.C2HF3O2/c24-13(21-11(16(28)29)6-14(25)26)8-19-15(27)12-9-31-18(22-12)23-17(30)20-7-10-4-2-1-3-5-10;3-2(4,5)1(6)7/h1-5,9,11H,6-8H2,(H,19,27)(H,21,24)(H,25,26)(H,28,29)(H2,20,22,23,30);(H,6,7)/t11-;/m0./s1. The number of amides is 4. The Morgan fingerprint density at radius 3 is 2.11 bits per heavy atom. The number of benzene rings is 1. The molecule has 0 saturated carbocycles. The molecule has 0 aliphatic carbocycles. The number of aromatic nitrogens is 1. The van der Waals surface area contributed by atoms with Gasteiger partial charge in [-0.05, 0) is 5.56 Å². The van der Waals surface area contributed by atoms with Gasteiger partial charge in [-0.2, -0.15) is 13.2 Å². The van der Waals surface area contributed by atoms with Crippen molar-refractivity contribution in [2.24, 2.45) is 0 Å². The van der Waals surface area contributed by atoms with Crippen molar-refractivity contribution in [3.63, 3.8) is 0 Å². The summed E-state index contributed by atoms with van der Waals surface area (Å²) in [5.41, 5.74) is 0.847. The number of rotatable bonds is 10. The van der Waals surface area contributed by atoms with Crippen molar-refractivity contribution in [3.8, 4) is 0 Å². The highest BCUT2D eigenvalue weighted by Crippen LogP contribution is 2.15. The number of carbonyl (C=O) groups excluding carboxylic acids is 3. The van der Waals surface area contributed by atoms with Crippen molar-refractivity contribution in [1.29, 1.82) is 0 Å². The zero-order chi connectivity index (χ0) is 28.9. The lowest BCUT2D eigenvalue weighted by molar-refractivity contribution is -0.192. The highest BCUT2D eigenvalue weighted by molar-refractivity contribution is 7.14. The molecule has 38 heavy (non-hydrogen) atoms. The lowest BCUT2D eigenvalue weighted by atomic mass is 10.2. The minimum absolute atomic E-state index is 0.0588. The molecule has 0 aliphatic rings. The van der Waals surface area contributed by atoms with E-state index in [0.29, 0.717) is 6.54 Å². The van der Waals surface area contributed by atoms with E-state index in [1.54, 1.807) is 0 Å². The fraction of sp³-hybridized carbons (Fsp3) is 0.250. The second-order valence-electron chi connectivity index (χ2n) is 6.87. The van der Waals surface area contributed by atoms with E-state index in [4.69, 9.17) is 20.1 Å². The number of urea groups is 1. The van der Waals surface area contributed by atoms with E-state index >= 15 is 0 Å². The van der Waals surface area contributed by atoms with Crippen molar-refractivity contribution in [1.82, 2.24) is 20.9 Å². The molecule has 0 fully saturated rings. The SMILES string of the molecule is O=C(O)C(F)(F)F.O=C(O)C[C@H](NC(=O)CNC(=O)c1csc(NC(=O)NCc2ccccc2)n1)C(=O)O. The summed E-state index contributed by atoms with van der Waals surface area (Å²) in [6.45, 7) is -0.278. The summed E-state index contributed by atoms with van der Waals surface area (Å²) in [5.74, 6) is -7.27. The van der Waals surface area contributed by atoms with Crippen LogP contribution in [0.1, 0.15) is 22.5 Å². The number of carboxylic acid groups (broad SMARTS) is 3. The molecule has 0 saturated heterocycles. The van der Waals surface area contributed by atoms with Crippen LogP contribution < -0.4 is 21.3 Å². The Hall–Kier alpha value is -4.74. The number of hydrogen-bond acceptors (Lipinski definition) is 8. The predicted octanol–water partition coefficient (Wildman–Crippen LogP) is 0.872. The van der Waals surface area contributed by atoms with Gasteiger partial charge in [0.25, 0.3) is 5.91 Å². The third-order valence-electron chi connectivity index (χ3n) is 3.92. The molecule has 0 spiro atoms. The number of thiazole rings is 1. The molecule has 0 unspecified atom stereocenters. The first-order valence-corrected chi connectivity index (χ1v) is 10.9. The number of nitrogens with zero attached hydrogens (tertiary/aromatic N) is 1. The van der Waals surface area contributed by atoms with Crippen LogP contribution in [0.3, 0.4) is 0 Å². The Labute approximate surface area is 214 Å². The molecule has 2 aromatic rings. The number of aliphatic carboxylic acids is 3. The van der Waals surface area contributed by atoms with Crippen LogP contribution in [0.4, 0.5) is 23.1 Å². The lowest BCUT2D eigenvalue weighted by Gasteiger charge is -2.12. The lowest BCUT2D eigenvalue weighted by Crippen LogP contribution is -2.46. The van der Waals surface area contributed by atoms with Gasteiger partial charge in [-0.15, -0.1) is 11.3 Å². The van der Waals surface area contributed by atoms with Crippen LogP contribution in [0, 0.1) is 0 Å². The average molecular weight is 563 g/mol. The van der Waals surface area contributed by atoms with Crippen molar-refractivity contribution in [3.05, 3.63) is 47.0 Å². The fourth-order valence-electron chi connectivity index (χ4n) is 2.23. The van der Waals surface area contributed by atoms with E-state index in [2.05, 4.69) is 20.9 Å². The molecule has 206 valence electrons. The highest BCUT2D eigenvalue weighted by atomic mass is 32.1. The van der Waals surface area contributed by atoms with Gasteiger partial charge in [-0.3, -0.25) is 19.7 Å². The van der Waals surface area contributed by atoms with Crippen LogP contribution in [0.2, 0.25) is 0 Å². The zero-order valence-corrected chi connectivity index (χ0v) is 19.8. The Morgan fingerprint density at radius 1 is 0.974 bits per heavy atom. The molecule has 1 aromatic carbocycles. The molecule has 14 nitrogen and oxygen atoms in total. The molecule has 0 bridgehead atoms. The summed E-state index contributed by atoms with van der Waals surface area (Å²) in [5, 5.41) is 35.5. The maximum absolute atomic E-state index is 12.1. The molecule has 2 rings (SSSR count). The fourth-order valence-corrected chi connectivity index (χ4v) is 2.91. The van der Waals surface area contributed by atoms with E-state index in [9.17, 15) is 37.1 Å². The summed E-state index contributed by atoms with van der Waals surface area (Å²) in [4.78, 5) is 70.1. The smallest absolute Gasteiger partial charge is 0.481 e. The molecule has 7 N–H and O–H groups in total. The topological polar surface area (TPSA) is 224 Å². The van der Waals surface area contributed by atoms with Crippen molar-refractivity contribution >= 4 is 52.2 Å². The van der Waals surface area contributed by atoms with Gasteiger partial charge in [-0.25, -0.2) is 19.4 Å². The average Bonchev–Trinajstić information content (AvgIpc) is 3.29. The largest absolute Gasteiger partial charge is 0.490 e. The Kier molecular flexibility index (Phi) is 12.1. The maximum atomic E-state index is 12.1. The number of hydrogen-bond donors (Lipinski definition) is 7. The van der Waals surface area contributed by atoms with Crippen LogP contribution in [0.5, 0.6) is 0 Å². The second kappa shape index (κ2) is 14.7. The Balaban J connectivity index is 0.000000905. The van der Waals surface area contributed by atoms with Gasteiger partial charge in [-0.1, -0.05) is 30.3 Å². The third kappa shape index (κ3) is 12.3. The first kappa shape index (κ1) is 31.3. The van der Waals surface area contributed by atoms with Crippen molar-refractivity contribution in [2.45, 2.75) is 25.2 Å². The van der Waals surface area contributed by atoms with Gasteiger partial charge in [0.05, 0.1) is 13.0 Å². The van der Waals surface area contributed by atoms with Gasteiger partial charge in [0.1, 0.15) is 11.7 Å². The van der Waals surface area contributed by atoms with Crippen LogP contribution in [0.15, 0.2) is 35.7 Å². The zero-order valence-electron chi connectivity index (χ0n) is 18.9. The molecule has 1 atom stereocenters. The molecule has 0 radical (unpaired) electrons. The van der Waals surface area contributed by atoms with Crippen LogP contribution in [-0.2, 0) is 25.7 Å². The van der Waals surface area contributed by atoms with Gasteiger partial charge in [0.2, 0.25) is 5.91 Å². The Bertz CT molecular complexity index is 1160. The maximum Gasteiger partial charge on any atom is 0.490 e. The van der Waals surface area contributed by atoms with Gasteiger partial charge in [0, 0.05) is 11.9 Å². The summed E-state index contributed by atoms with van der Waals surface area (Å²) < 4.78 is 31.7. The molecular formula is C20H20F3N5O9S. The van der Waals surface area contributed by atoms with Gasteiger partial charge in [0.15, 0.2) is 5.13 Å². The number of alkyl halides is 3. The highest BCUT2D eigenvalue weighted by Gasteiger charge is 2.38. The number of anilines is 1. The van der Waals surface area contributed by atoms with Crippen LogP contribution in [-0.4, -0.2) is 74.8 Å². The van der Waals surface area contributed by atoms with E-state index in [0.717, 1.165) is 16.9 Å². The minimum atomic E-state index is -5.08. The van der Waals surface area contributed by atoms with Gasteiger partial charge >= 0.3 is 30.1 Å². The second-order valence-corrected chi connectivity index (χ2v) is 7.73. The first-order valence-electron chi connectivity index (χ1n) is 10.1. The van der Waals surface area contributed by atoms with Crippen LogP contribution in [0.25, 0.3) is 0 Å². The summed E-state index contributed by atoms with van der Waals surface area (Å²) in [6, 6.07) is 7.11.